The number of amides is 3. The average molecular weight is 501 g/mol. The van der Waals surface area contributed by atoms with E-state index >= 15 is 0 Å². The number of alkyl carbamates (subject to hydrolysis) is 1. The largest absolute Gasteiger partial charge is 0.444 e. The van der Waals surface area contributed by atoms with Crippen molar-refractivity contribution in [3.8, 4) is 6.07 Å². The number of nitrogens with zero attached hydrogens (tertiary/aromatic N) is 2. The predicted octanol–water partition coefficient (Wildman–Crippen LogP) is 4.94. The quantitative estimate of drug-likeness (QED) is 0.418. The Morgan fingerprint density at radius 3 is 2.14 bits per heavy atom. The Morgan fingerprint density at radius 2 is 1.67 bits per heavy atom. The highest BCUT2D eigenvalue weighted by Gasteiger charge is 2.39. The minimum absolute atomic E-state index is 0.0985. The summed E-state index contributed by atoms with van der Waals surface area (Å²) in [6.07, 6.45) is 1.56. The number of aryl methyl sites for hydroxylation is 2. The summed E-state index contributed by atoms with van der Waals surface area (Å²) in [6, 6.07) is 5.64. The van der Waals surface area contributed by atoms with Crippen LogP contribution in [0.3, 0.4) is 0 Å². The molecule has 4 unspecified atom stereocenters. The van der Waals surface area contributed by atoms with Gasteiger partial charge in [0.1, 0.15) is 24.2 Å². The number of ether oxygens (including phenoxy) is 1. The third kappa shape index (κ3) is 8.85. The monoisotopic (exact) mass is 500 g/mol. The Morgan fingerprint density at radius 1 is 1.08 bits per heavy atom. The van der Waals surface area contributed by atoms with Crippen LogP contribution in [0, 0.1) is 31.1 Å². The molecule has 0 aliphatic heterocycles. The van der Waals surface area contributed by atoms with Gasteiger partial charge in [0.2, 0.25) is 11.8 Å². The third-order valence-corrected chi connectivity index (χ3v) is 6.16. The predicted molar refractivity (Wildman–Crippen MR) is 141 cm³/mol. The molecule has 0 bridgehead atoms. The van der Waals surface area contributed by atoms with E-state index < -0.39 is 29.7 Å². The summed E-state index contributed by atoms with van der Waals surface area (Å²) in [6.45, 7) is 16.4. The number of carbonyl (C=O) groups is 3. The molecular formula is C28H44N4O4. The highest BCUT2D eigenvalue weighted by atomic mass is 16.6. The number of benzene rings is 1. The second-order valence-electron chi connectivity index (χ2n) is 10.5. The molecule has 8 heteroatoms. The van der Waals surface area contributed by atoms with Crippen LogP contribution in [0.1, 0.15) is 90.5 Å². The van der Waals surface area contributed by atoms with E-state index in [0.29, 0.717) is 12.0 Å². The van der Waals surface area contributed by atoms with Crippen molar-refractivity contribution in [2.45, 2.75) is 105 Å². The summed E-state index contributed by atoms with van der Waals surface area (Å²) in [4.78, 5) is 41.6. The SMILES string of the molecule is CCCC(C)NC(=O)C(c1c(C)cccc1C)N(CC#N)C(=O)C(NC(=O)OC(C)(C)C)C(C)CC. The highest BCUT2D eigenvalue weighted by molar-refractivity contribution is 5.93. The zero-order valence-corrected chi connectivity index (χ0v) is 23.4. The number of hydrogen-bond donors (Lipinski definition) is 2. The Balaban J connectivity index is 3.58. The lowest BCUT2D eigenvalue weighted by Gasteiger charge is -2.36. The van der Waals surface area contributed by atoms with Crippen molar-refractivity contribution < 1.29 is 19.1 Å². The van der Waals surface area contributed by atoms with Crippen LogP contribution >= 0.6 is 0 Å². The van der Waals surface area contributed by atoms with E-state index in [9.17, 15) is 19.6 Å². The standard InChI is InChI=1S/C28H44N4O4/c1-10-13-21(6)30-25(33)24(22-19(4)14-12-15-20(22)5)32(17-16-29)26(34)23(18(3)11-2)31-27(35)36-28(7,8)9/h12,14-15,18,21,23-24H,10-11,13,17H2,1-9H3,(H,30,33)(H,31,35). The fourth-order valence-electron chi connectivity index (χ4n) is 4.18. The van der Waals surface area contributed by atoms with Gasteiger partial charge in [-0.25, -0.2) is 4.79 Å². The lowest BCUT2D eigenvalue weighted by Crippen LogP contribution is -2.55. The van der Waals surface area contributed by atoms with Crippen LogP contribution in [-0.4, -0.2) is 47.0 Å². The van der Waals surface area contributed by atoms with Crippen molar-refractivity contribution in [2.24, 2.45) is 5.92 Å². The van der Waals surface area contributed by atoms with E-state index in [0.717, 1.165) is 24.0 Å². The molecule has 3 amide bonds. The third-order valence-electron chi connectivity index (χ3n) is 6.16. The van der Waals surface area contributed by atoms with Crippen LogP contribution in [0.25, 0.3) is 0 Å². The summed E-state index contributed by atoms with van der Waals surface area (Å²) in [5, 5.41) is 15.4. The van der Waals surface area contributed by atoms with Crippen molar-refractivity contribution in [3.05, 3.63) is 34.9 Å². The summed E-state index contributed by atoms with van der Waals surface area (Å²) in [5.41, 5.74) is 1.63. The van der Waals surface area contributed by atoms with Crippen molar-refractivity contribution in [2.75, 3.05) is 6.54 Å². The summed E-state index contributed by atoms with van der Waals surface area (Å²) < 4.78 is 5.40. The van der Waals surface area contributed by atoms with Crippen LogP contribution < -0.4 is 10.6 Å². The van der Waals surface area contributed by atoms with Crippen molar-refractivity contribution in [3.63, 3.8) is 0 Å². The van der Waals surface area contributed by atoms with Crippen molar-refractivity contribution in [1.82, 2.24) is 15.5 Å². The summed E-state index contributed by atoms with van der Waals surface area (Å²) in [7, 11) is 0. The number of nitriles is 1. The van der Waals surface area contributed by atoms with E-state index in [2.05, 4.69) is 16.7 Å². The molecule has 0 aromatic heterocycles. The molecule has 36 heavy (non-hydrogen) atoms. The van der Waals surface area contributed by atoms with Gasteiger partial charge in [-0.05, 0) is 70.6 Å². The maximum atomic E-state index is 14.0. The smallest absolute Gasteiger partial charge is 0.408 e. The van der Waals surface area contributed by atoms with Gasteiger partial charge in [0.25, 0.3) is 0 Å². The highest BCUT2D eigenvalue weighted by Crippen LogP contribution is 2.29. The van der Waals surface area contributed by atoms with Gasteiger partial charge in [-0.2, -0.15) is 5.26 Å². The molecule has 2 N–H and O–H groups in total. The Bertz CT molecular complexity index is 928. The lowest BCUT2D eigenvalue weighted by molar-refractivity contribution is -0.143. The zero-order chi connectivity index (χ0) is 27.6. The van der Waals surface area contributed by atoms with Crippen LogP contribution in [0.4, 0.5) is 4.79 Å². The fourth-order valence-corrected chi connectivity index (χ4v) is 4.18. The fraction of sp³-hybridized carbons (Fsp3) is 0.643. The minimum Gasteiger partial charge on any atom is -0.444 e. The Labute approximate surface area is 216 Å². The first kappa shape index (κ1) is 31.0. The van der Waals surface area contributed by atoms with E-state index in [1.54, 1.807) is 20.8 Å². The topological polar surface area (TPSA) is 112 Å². The first-order valence-corrected chi connectivity index (χ1v) is 12.8. The van der Waals surface area contributed by atoms with Gasteiger partial charge < -0.3 is 20.3 Å². The summed E-state index contributed by atoms with van der Waals surface area (Å²) >= 11 is 0. The molecule has 0 radical (unpaired) electrons. The molecule has 0 aliphatic rings. The van der Waals surface area contributed by atoms with E-state index in [4.69, 9.17) is 4.74 Å². The van der Waals surface area contributed by atoms with Crippen LogP contribution in [0.5, 0.6) is 0 Å². The Hall–Kier alpha value is -3.08. The van der Waals surface area contributed by atoms with E-state index in [1.807, 2.05) is 59.7 Å². The van der Waals surface area contributed by atoms with Crippen molar-refractivity contribution >= 4 is 17.9 Å². The molecule has 1 aromatic carbocycles. The van der Waals surface area contributed by atoms with Crippen LogP contribution in [0.2, 0.25) is 0 Å². The zero-order valence-electron chi connectivity index (χ0n) is 23.4. The number of carbonyl (C=O) groups excluding carboxylic acids is 3. The Kier molecular flexibility index (Phi) is 11.9. The van der Waals surface area contributed by atoms with Gasteiger partial charge in [-0.1, -0.05) is 51.8 Å². The molecular weight excluding hydrogens is 456 g/mol. The number of nitrogens with one attached hydrogen (secondary N) is 2. The second-order valence-corrected chi connectivity index (χ2v) is 10.5. The lowest BCUT2D eigenvalue weighted by atomic mass is 9.92. The van der Waals surface area contributed by atoms with E-state index in [1.165, 1.54) is 4.90 Å². The van der Waals surface area contributed by atoms with Crippen LogP contribution in [-0.2, 0) is 14.3 Å². The normalized spacial score (nSPS) is 14.6. The number of rotatable bonds is 11. The first-order valence-electron chi connectivity index (χ1n) is 12.8. The molecule has 0 heterocycles. The molecule has 0 spiro atoms. The molecule has 0 fully saturated rings. The van der Waals surface area contributed by atoms with Gasteiger partial charge in [0, 0.05) is 6.04 Å². The van der Waals surface area contributed by atoms with Gasteiger partial charge >= 0.3 is 6.09 Å². The van der Waals surface area contributed by atoms with Gasteiger partial charge in [-0.3, -0.25) is 9.59 Å². The molecule has 4 atom stereocenters. The minimum atomic E-state index is -1.02. The maximum Gasteiger partial charge on any atom is 0.408 e. The average Bonchev–Trinajstić information content (AvgIpc) is 2.76. The summed E-state index contributed by atoms with van der Waals surface area (Å²) in [5.74, 6) is -1.10. The first-order chi connectivity index (χ1) is 16.8. The molecule has 1 rings (SSSR count). The molecule has 1 aromatic rings. The van der Waals surface area contributed by atoms with Crippen LogP contribution in [0.15, 0.2) is 18.2 Å². The van der Waals surface area contributed by atoms with Gasteiger partial charge in [0.15, 0.2) is 0 Å². The van der Waals surface area contributed by atoms with Gasteiger partial charge in [-0.15, -0.1) is 0 Å². The molecule has 0 aliphatic carbocycles. The van der Waals surface area contributed by atoms with Gasteiger partial charge in [0.05, 0.1) is 6.07 Å². The van der Waals surface area contributed by atoms with Crippen molar-refractivity contribution in [1.29, 1.82) is 5.26 Å². The molecule has 8 nitrogen and oxygen atoms in total. The molecule has 200 valence electrons. The maximum absolute atomic E-state index is 14.0. The van der Waals surface area contributed by atoms with E-state index in [-0.39, 0.29) is 24.4 Å². The number of hydrogen-bond acceptors (Lipinski definition) is 5. The molecule has 0 saturated carbocycles. The second kappa shape index (κ2) is 13.9. The molecule has 0 saturated heterocycles.